The SMILES string of the molecule is NNc1nc(NC2(CO)CC2)nc(-n2cccn2)n1. The van der Waals surface area contributed by atoms with E-state index in [-0.39, 0.29) is 18.1 Å². The molecule has 5 N–H and O–H groups in total. The lowest BCUT2D eigenvalue weighted by Gasteiger charge is -2.15. The first-order chi connectivity index (χ1) is 9.24. The average molecular weight is 262 g/mol. The molecule has 9 heteroatoms. The van der Waals surface area contributed by atoms with Gasteiger partial charge in [-0.2, -0.15) is 20.1 Å². The molecule has 0 aromatic carbocycles. The number of aliphatic hydroxyl groups is 1. The Balaban J connectivity index is 1.93. The summed E-state index contributed by atoms with van der Waals surface area (Å²) in [5, 5.41) is 16.5. The van der Waals surface area contributed by atoms with Gasteiger partial charge in [0.15, 0.2) is 0 Å². The van der Waals surface area contributed by atoms with Crippen molar-refractivity contribution >= 4 is 11.9 Å². The standard InChI is InChI=1S/C10H14N8O/c11-17-8-13-7(16-10(6-19)2-3-10)14-9(15-8)18-5-1-4-12-18/h1,4-5,19H,2-3,6,11H2,(H2,13,14,15,16,17). The van der Waals surface area contributed by atoms with Crippen molar-refractivity contribution in [2.24, 2.45) is 5.84 Å². The minimum Gasteiger partial charge on any atom is -0.394 e. The molecule has 0 saturated heterocycles. The zero-order chi connectivity index (χ0) is 13.3. The van der Waals surface area contributed by atoms with Gasteiger partial charge in [-0.3, -0.25) is 5.43 Å². The van der Waals surface area contributed by atoms with E-state index in [1.807, 2.05) is 0 Å². The molecule has 2 aromatic heterocycles. The van der Waals surface area contributed by atoms with Gasteiger partial charge in [0, 0.05) is 12.4 Å². The van der Waals surface area contributed by atoms with Crippen LogP contribution in [0.1, 0.15) is 12.8 Å². The van der Waals surface area contributed by atoms with Crippen LogP contribution in [0.3, 0.4) is 0 Å². The predicted molar refractivity (Wildman–Crippen MR) is 67.4 cm³/mol. The number of hydrazine groups is 1. The molecule has 1 aliphatic rings. The summed E-state index contributed by atoms with van der Waals surface area (Å²) >= 11 is 0. The van der Waals surface area contributed by atoms with Gasteiger partial charge in [-0.25, -0.2) is 10.5 Å². The Bertz CT molecular complexity index is 565. The van der Waals surface area contributed by atoms with Crippen molar-refractivity contribution in [3.8, 4) is 5.95 Å². The van der Waals surface area contributed by atoms with Crippen LogP contribution in [0.25, 0.3) is 5.95 Å². The van der Waals surface area contributed by atoms with Crippen molar-refractivity contribution < 1.29 is 5.11 Å². The number of aromatic nitrogens is 5. The summed E-state index contributed by atoms with van der Waals surface area (Å²) in [5.41, 5.74) is 2.08. The zero-order valence-electron chi connectivity index (χ0n) is 10.1. The van der Waals surface area contributed by atoms with E-state index in [0.717, 1.165) is 12.8 Å². The average Bonchev–Trinajstić information content (AvgIpc) is 3.00. The number of hydrogen-bond donors (Lipinski definition) is 4. The van der Waals surface area contributed by atoms with Crippen molar-refractivity contribution in [3.63, 3.8) is 0 Å². The number of nitrogens with one attached hydrogen (secondary N) is 2. The van der Waals surface area contributed by atoms with Crippen LogP contribution in [0.5, 0.6) is 0 Å². The number of aliphatic hydroxyl groups excluding tert-OH is 1. The second-order valence-corrected chi connectivity index (χ2v) is 4.44. The minimum atomic E-state index is -0.311. The van der Waals surface area contributed by atoms with Gasteiger partial charge in [-0.1, -0.05) is 0 Å². The van der Waals surface area contributed by atoms with Crippen molar-refractivity contribution in [1.82, 2.24) is 24.7 Å². The Labute approximate surface area is 108 Å². The molecule has 100 valence electrons. The highest BCUT2D eigenvalue weighted by molar-refractivity contribution is 5.40. The van der Waals surface area contributed by atoms with Crippen LogP contribution < -0.4 is 16.6 Å². The number of hydrogen-bond acceptors (Lipinski definition) is 8. The van der Waals surface area contributed by atoms with E-state index < -0.39 is 0 Å². The Morgan fingerprint density at radius 1 is 1.32 bits per heavy atom. The molecule has 9 nitrogen and oxygen atoms in total. The zero-order valence-corrected chi connectivity index (χ0v) is 10.1. The van der Waals surface area contributed by atoms with Gasteiger partial charge in [0.2, 0.25) is 11.9 Å². The smallest absolute Gasteiger partial charge is 0.257 e. The fourth-order valence-electron chi connectivity index (χ4n) is 1.69. The van der Waals surface area contributed by atoms with E-state index in [1.54, 1.807) is 18.5 Å². The molecule has 1 aliphatic carbocycles. The molecular formula is C10H14N8O. The molecule has 1 fully saturated rings. The second kappa shape index (κ2) is 4.44. The van der Waals surface area contributed by atoms with Gasteiger partial charge in [0.05, 0.1) is 12.1 Å². The first-order valence-corrected chi connectivity index (χ1v) is 5.86. The quantitative estimate of drug-likeness (QED) is 0.410. The highest BCUT2D eigenvalue weighted by Gasteiger charge is 2.42. The van der Waals surface area contributed by atoms with Gasteiger partial charge in [0.1, 0.15) is 0 Å². The highest BCUT2D eigenvalue weighted by atomic mass is 16.3. The molecular weight excluding hydrogens is 248 g/mol. The van der Waals surface area contributed by atoms with Gasteiger partial charge in [-0.15, -0.1) is 0 Å². The summed E-state index contributed by atoms with van der Waals surface area (Å²) in [7, 11) is 0. The summed E-state index contributed by atoms with van der Waals surface area (Å²) in [6.45, 7) is 0.0428. The molecule has 19 heavy (non-hydrogen) atoms. The van der Waals surface area contributed by atoms with Gasteiger partial charge in [0.25, 0.3) is 5.95 Å². The molecule has 1 saturated carbocycles. The maximum absolute atomic E-state index is 9.31. The molecule has 0 unspecified atom stereocenters. The maximum atomic E-state index is 9.31. The van der Waals surface area contributed by atoms with Gasteiger partial charge >= 0.3 is 0 Å². The van der Waals surface area contributed by atoms with E-state index >= 15 is 0 Å². The van der Waals surface area contributed by atoms with E-state index in [0.29, 0.717) is 11.9 Å². The Morgan fingerprint density at radius 2 is 2.11 bits per heavy atom. The summed E-state index contributed by atoms with van der Waals surface area (Å²) in [4.78, 5) is 12.5. The molecule has 0 amide bonds. The Morgan fingerprint density at radius 3 is 2.68 bits per heavy atom. The molecule has 2 aromatic rings. The van der Waals surface area contributed by atoms with Gasteiger partial charge in [-0.05, 0) is 18.9 Å². The molecule has 0 atom stereocenters. The monoisotopic (exact) mass is 262 g/mol. The normalized spacial score (nSPS) is 16.1. The third-order valence-corrected chi connectivity index (χ3v) is 3.00. The predicted octanol–water partition coefficient (Wildman–Crippen LogP) is -0.720. The molecule has 0 spiro atoms. The number of rotatable bonds is 5. The second-order valence-electron chi connectivity index (χ2n) is 4.44. The largest absolute Gasteiger partial charge is 0.394 e. The van der Waals surface area contributed by atoms with Crippen molar-refractivity contribution in [3.05, 3.63) is 18.5 Å². The number of anilines is 2. The maximum Gasteiger partial charge on any atom is 0.257 e. The van der Waals surface area contributed by atoms with E-state index in [4.69, 9.17) is 5.84 Å². The van der Waals surface area contributed by atoms with Crippen LogP contribution in [-0.2, 0) is 0 Å². The summed E-state index contributed by atoms with van der Waals surface area (Å²) in [6, 6.07) is 1.77. The topological polar surface area (TPSA) is 127 Å². The van der Waals surface area contributed by atoms with Crippen LogP contribution in [0, 0.1) is 0 Å². The Hall–Kier alpha value is -2.26. The summed E-state index contributed by atoms with van der Waals surface area (Å²) in [5.74, 6) is 6.29. The van der Waals surface area contributed by atoms with E-state index in [2.05, 4.69) is 30.8 Å². The van der Waals surface area contributed by atoms with Crippen LogP contribution in [0.2, 0.25) is 0 Å². The molecule has 0 bridgehead atoms. The highest BCUT2D eigenvalue weighted by Crippen LogP contribution is 2.37. The van der Waals surface area contributed by atoms with Crippen LogP contribution in [0.4, 0.5) is 11.9 Å². The summed E-state index contributed by atoms with van der Waals surface area (Å²) in [6.07, 6.45) is 5.12. The van der Waals surface area contributed by atoms with E-state index in [9.17, 15) is 5.11 Å². The lowest BCUT2D eigenvalue weighted by molar-refractivity contribution is 0.265. The fourth-order valence-corrected chi connectivity index (χ4v) is 1.69. The fraction of sp³-hybridized carbons (Fsp3) is 0.400. The number of nitrogens with two attached hydrogens (primary N) is 1. The molecule has 2 heterocycles. The molecule has 3 rings (SSSR count). The van der Waals surface area contributed by atoms with Crippen molar-refractivity contribution in [2.45, 2.75) is 18.4 Å². The molecule has 0 radical (unpaired) electrons. The van der Waals surface area contributed by atoms with Crippen LogP contribution in [0.15, 0.2) is 18.5 Å². The summed E-state index contributed by atoms with van der Waals surface area (Å²) < 4.78 is 1.51. The number of nitrogen functional groups attached to an aromatic ring is 1. The molecule has 0 aliphatic heterocycles. The lowest BCUT2D eigenvalue weighted by Crippen LogP contribution is -2.27. The Kier molecular flexibility index (Phi) is 2.76. The van der Waals surface area contributed by atoms with Gasteiger partial charge < -0.3 is 10.4 Å². The number of nitrogens with zero attached hydrogens (tertiary/aromatic N) is 5. The minimum absolute atomic E-state index is 0.0428. The van der Waals surface area contributed by atoms with E-state index in [1.165, 1.54) is 4.68 Å². The van der Waals surface area contributed by atoms with Crippen LogP contribution >= 0.6 is 0 Å². The third kappa shape index (κ3) is 2.33. The van der Waals surface area contributed by atoms with Crippen LogP contribution in [-0.4, -0.2) is 42.0 Å². The van der Waals surface area contributed by atoms with Crippen molar-refractivity contribution in [1.29, 1.82) is 0 Å². The first-order valence-electron chi connectivity index (χ1n) is 5.86. The van der Waals surface area contributed by atoms with Crippen molar-refractivity contribution in [2.75, 3.05) is 17.3 Å². The third-order valence-electron chi connectivity index (χ3n) is 3.00. The first kappa shape index (κ1) is 11.8. The lowest BCUT2D eigenvalue weighted by atomic mass is 10.3.